The minimum absolute atomic E-state index is 0.155. The van der Waals surface area contributed by atoms with Crippen molar-refractivity contribution in [1.82, 2.24) is 5.32 Å². The maximum atomic E-state index is 11.6. The van der Waals surface area contributed by atoms with Gasteiger partial charge in [0.15, 0.2) is 11.5 Å². The quantitative estimate of drug-likeness (QED) is 0.647. The summed E-state index contributed by atoms with van der Waals surface area (Å²) in [6, 6.07) is 3.54. The van der Waals surface area contributed by atoms with Gasteiger partial charge in [-0.25, -0.2) is 0 Å². The fourth-order valence-electron chi connectivity index (χ4n) is 1.89. The molecule has 1 amide bonds. The van der Waals surface area contributed by atoms with Gasteiger partial charge in [0.1, 0.15) is 13.2 Å². The van der Waals surface area contributed by atoms with Gasteiger partial charge in [0, 0.05) is 26.3 Å². The lowest BCUT2D eigenvalue weighted by Gasteiger charge is -2.19. The molecule has 5 nitrogen and oxygen atoms in total. The number of carbonyl (C=O) groups excluding carboxylic acids is 1. The molecule has 0 saturated carbocycles. The van der Waals surface area contributed by atoms with Crippen LogP contribution in [0.15, 0.2) is 18.2 Å². The molecule has 1 aromatic carbocycles. The number of benzene rings is 1. The SMILES string of the molecule is COCCCNC(=O)/C=C/c1cc(Cl)c2c(c1)OCCO2. The van der Waals surface area contributed by atoms with Crippen LogP contribution in [0.4, 0.5) is 0 Å². The summed E-state index contributed by atoms with van der Waals surface area (Å²) in [5.41, 5.74) is 0.788. The van der Waals surface area contributed by atoms with Crippen molar-refractivity contribution in [3.05, 3.63) is 28.8 Å². The van der Waals surface area contributed by atoms with Gasteiger partial charge in [-0.3, -0.25) is 4.79 Å². The van der Waals surface area contributed by atoms with Gasteiger partial charge in [-0.05, 0) is 30.2 Å². The lowest BCUT2D eigenvalue weighted by Crippen LogP contribution is -2.22. The van der Waals surface area contributed by atoms with Crippen molar-refractivity contribution >= 4 is 23.6 Å². The first kappa shape index (κ1) is 15.7. The Balaban J connectivity index is 1.94. The Kier molecular flexibility index (Phi) is 5.90. The summed E-state index contributed by atoms with van der Waals surface area (Å²) in [6.45, 7) is 2.20. The Labute approximate surface area is 128 Å². The maximum absolute atomic E-state index is 11.6. The molecule has 0 fully saturated rings. The second-order valence-corrected chi connectivity index (χ2v) is 4.90. The molecular weight excluding hydrogens is 294 g/mol. The zero-order valence-corrected chi connectivity index (χ0v) is 12.6. The largest absolute Gasteiger partial charge is 0.486 e. The van der Waals surface area contributed by atoms with Crippen LogP contribution in [0.5, 0.6) is 11.5 Å². The van der Waals surface area contributed by atoms with E-state index >= 15 is 0 Å². The average molecular weight is 312 g/mol. The molecule has 0 aliphatic carbocycles. The van der Waals surface area contributed by atoms with Gasteiger partial charge in [-0.1, -0.05) is 11.6 Å². The fraction of sp³-hybridized carbons (Fsp3) is 0.400. The van der Waals surface area contributed by atoms with E-state index in [9.17, 15) is 4.79 Å². The standard InChI is InChI=1S/C15H18ClNO4/c1-19-6-2-5-17-14(18)4-3-11-9-12(16)15-13(10-11)20-7-8-21-15/h3-4,9-10H,2,5-8H2,1H3,(H,17,18)/b4-3+. The van der Waals surface area contributed by atoms with Crippen LogP contribution < -0.4 is 14.8 Å². The van der Waals surface area contributed by atoms with Gasteiger partial charge in [-0.15, -0.1) is 0 Å². The average Bonchev–Trinajstić information content (AvgIpc) is 2.50. The fourth-order valence-corrected chi connectivity index (χ4v) is 2.16. The number of ether oxygens (including phenoxy) is 3. The third-order valence-electron chi connectivity index (χ3n) is 2.87. The van der Waals surface area contributed by atoms with Crippen LogP contribution in [0.3, 0.4) is 0 Å². The lowest BCUT2D eigenvalue weighted by atomic mass is 10.1. The van der Waals surface area contributed by atoms with Crippen molar-refractivity contribution in [2.75, 3.05) is 33.5 Å². The van der Waals surface area contributed by atoms with Gasteiger partial charge >= 0.3 is 0 Å². The Morgan fingerprint density at radius 3 is 3.05 bits per heavy atom. The van der Waals surface area contributed by atoms with Crippen molar-refractivity contribution in [2.24, 2.45) is 0 Å². The summed E-state index contributed by atoms with van der Waals surface area (Å²) < 4.78 is 15.8. The lowest BCUT2D eigenvalue weighted by molar-refractivity contribution is -0.116. The zero-order chi connectivity index (χ0) is 15.1. The molecule has 1 aromatic rings. The van der Waals surface area contributed by atoms with E-state index in [0.717, 1.165) is 12.0 Å². The highest BCUT2D eigenvalue weighted by Crippen LogP contribution is 2.38. The molecule has 0 aromatic heterocycles. The van der Waals surface area contributed by atoms with Gasteiger partial charge in [-0.2, -0.15) is 0 Å². The molecule has 1 N–H and O–H groups in total. The van der Waals surface area contributed by atoms with E-state index in [4.69, 9.17) is 25.8 Å². The van der Waals surface area contributed by atoms with Crippen LogP contribution in [0.1, 0.15) is 12.0 Å². The molecular formula is C15H18ClNO4. The first-order valence-corrected chi connectivity index (χ1v) is 7.12. The predicted octanol–water partition coefficient (Wildman–Crippen LogP) is 2.28. The summed E-state index contributed by atoms with van der Waals surface area (Å²) in [5.74, 6) is 1.01. The summed E-state index contributed by atoms with van der Waals surface area (Å²) >= 11 is 6.13. The molecule has 1 heterocycles. The van der Waals surface area contributed by atoms with Crippen molar-refractivity contribution in [1.29, 1.82) is 0 Å². The van der Waals surface area contributed by atoms with Gasteiger partial charge < -0.3 is 19.5 Å². The first-order valence-electron chi connectivity index (χ1n) is 6.74. The normalized spacial score (nSPS) is 13.4. The van der Waals surface area contributed by atoms with E-state index in [1.165, 1.54) is 6.08 Å². The molecule has 1 aliphatic rings. The molecule has 0 radical (unpaired) electrons. The van der Waals surface area contributed by atoms with E-state index < -0.39 is 0 Å². The number of rotatable bonds is 6. The topological polar surface area (TPSA) is 56.8 Å². The zero-order valence-electron chi connectivity index (χ0n) is 11.9. The van der Waals surface area contributed by atoms with E-state index in [2.05, 4.69) is 5.32 Å². The van der Waals surface area contributed by atoms with Gasteiger partial charge in [0.05, 0.1) is 5.02 Å². The number of methoxy groups -OCH3 is 1. The molecule has 0 bridgehead atoms. The third kappa shape index (κ3) is 4.65. The third-order valence-corrected chi connectivity index (χ3v) is 3.15. The van der Waals surface area contributed by atoms with Crippen LogP contribution in [0, 0.1) is 0 Å². The minimum atomic E-state index is -0.155. The van der Waals surface area contributed by atoms with E-state index in [-0.39, 0.29) is 5.91 Å². The Morgan fingerprint density at radius 2 is 2.24 bits per heavy atom. The number of fused-ring (bicyclic) bond motifs is 1. The van der Waals surface area contributed by atoms with Crippen molar-refractivity contribution in [2.45, 2.75) is 6.42 Å². The van der Waals surface area contributed by atoms with E-state index in [1.54, 1.807) is 25.3 Å². The summed E-state index contributed by atoms with van der Waals surface area (Å²) in [7, 11) is 1.63. The van der Waals surface area contributed by atoms with Crippen LogP contribution in [0.25, 0.3) is 6.08 Å². The molecule has 0 atom stereocenters. The molecule has 0 saturated heterocycles. The Hall–Kier alpha value is -1.72. The van der Waals surface area contributed by atoms with Crippen LogP contribution in [0.2, 0.25) is 5.02 Å². The summed E-state index contributed by atoms with van der Waals surface area (Å²) in [5, 5.41) is 3.25. The molecule has 21 heavy (non-hydrogen) atoms. The molecule has 6 heteroatoms. The monoisotopic (exact) mass is 311 g/mol. The predicted molar refractivity (Wildman–Crippen MR) is 81.0 cm³/mol. The number of nitrogens with one attached hydrogen (secondary N) is 1. The van der Waals surface area contributed by atoms with Crippen molar-refractivity contribution < 1.29 is 19.0 Å². The first-order chi connectivity index (χ1) is 10.2. The number of halogens is 1. The highest BCUT2D eigenvalue weighted by molar-refractivity contribution is 6.32. The van der Waals surface area contributed by atoms with Crippen molar-refractivity contribution in [3.63, 3.8) is 0 Å². The second kappa shape index (κ2) is 7.90. The smallest absolute Gasteiger partial charge is 0.244 e. The number of hydrogen-bond acceptors (Lipinski definition) is 4. The number of hydrogen-bond donors (Lipinski definition) is 1. The minimum Gasteiger partial charge on any atom is -0.486 e. The molecule has 114 valence electrons. The summed E-state index contributed by atoms with van der Waals surface area (Å²) in [6.07, 6.45) is 3.94. The van der Waals surface area contributed by atoms with Crippen LogP contribution in [-0.2, 0) is 9.53 Å². The Morgan fingerprint density at radius 1 is 1.43 bits per heavy atom. The van der Waals surface area contributed by atoms with Gasteiger partial charge in [0.25, 0.3) is 0 Å². The van der Waals surface area contributed by atoms with Crippen LogP contribution in [-0.4, -0.2) is 39.4 Å². The molecule has 1 aliphatic heterocycles. The molecule has 2 rings (SSSR count). The molecule has 0 unspecified atom stereocenters. The number of carbonyl (C=O) groups is 1. The van der Waals surface area contributed by atoms with Gasteiger partial charge in [0.2, 0.25) is 5.91 Å². The van der Waals surface area contributed by atoms with E-state index in [0.29, 0.717) is 42.9 Å². The molecule has 0 spiro atoms. The second-order valence-electron chi connectivity index (χ2n) is 4.50. The Bertz CT molecular complexity index is 531. The summed E-state index contributed by atoms with van der Waals surface area (Å²) in [4.78, 5) is 11.6. The highest BCUT2D eigenvalue weighted by Gasteiger charge is 2.15. The van der Waals surface area contributed by atoms with Crippen LogP contribution >= 0.6 is 11.6 Å². The van der Waals surface area contributed by atoms with E-state index in [1.807, 2.05) is 0 Å². The number of amides is 1. The van der Waals surface area contributed by atoms with Crippen molar-refractivity contribution in [3.8, 4) is 11.5 Å². The highest BCUT2D eigenvalue weighted by atomic mass is 35.5. The maximum Gasteiger partial charge on any atom is 0.244 e.